The highest BCUT2D eigenvalue weighted by atomic mass is 32.4. The van der Waals surface area contributed by atoms with Gasteiger partial charge in [-0.1, -0.05) is 0 Å². The number of aromatic nitrogens is 4. The Balaban J connectivity index is 1.68. The van der Waals surface area contributed by atoms with Crippen LogP contribution in [0.15, 0.2) is 11.1 Å². The lowest BCUT2D eigenvalue weighted by atomic mass is 10.1. The summed E-state index contributed by atoms with van der Waals surface area (Å²) in [5.41, 5.74) is 4.61. The molecule has 7 N–H and O–H groups in total. The number of aliphatic hydroxyl groups is 1. The van der Waals surface area contributed by atoms with Gasteiger partial charge in [-0.15, -0.1) is 0 Å². The first-order valence-electron chi connectivity index (χ1n) is 7.93. The molecule has 0 radical (unpaired) electrons. The van der Waals surface area contributed by atoms with Gasteiger partial charge in [0.2, 0.25) is 5.95 Å². The standard InChI is InChI=1S/C10H15FN5O11P3S/c11-4-3(1-24-28(31)26-30(22,23)27-29(19,20)21)25-9(6(4)17)16-2-13-5-7(16)14-10(12)15-8(5)18/h2-4,6,9,17,28H,1H2,(H,22,23)(H2,19,20,21)(H3,12,14,15,18)/t3-,4?,6?,9-/m1/s1. The topological polar surface area (TPSA) is 242 Å². The van der Waals surface area contributed by atoms with Crippen LogP contribution in [0.1, 0.15) is 6.23 Å². The lowest BCUT2D eigenvalue weighted by molar-refractivity contribution is -0.0457. The van der Waals surface area contributed by atoms with E-state index in [1.165, 1.54) is 0 Å². The molecule has 31 heavy (non-hydrogen) atoms. The number of alkyl halides is 1. The summed E-state index contributed by atoms with van der Waals surface area (Å²) in [6.07, 6.45) is -5.52. The average Bonchev–Trinajstić information content (AvgIpc) is 3.13. The van der Waals surface area contributed by atoms with Crippen molar-refractivity contribution in [2.45, 2.75) is 24.6 Å². The van der Waals surface area contributed by atoms with E-state index in [0.29, 0.717) is 0 Å². The van der Waals surface area contributed by atoms with E-state index in [0.717, 1.165) is 10.9 Å². The van der Waals surface area contributed by atoms with Gasteiger partial charge in [-0.25, -0.2) is 22.8 Å². The second kappa shape index (κ2) is 9.02. The molecule has 0 amide bonds. The number of rotatable bonds is 8. The van der Waals surface area contributed by atoms with Crippen molar-refractivity contribution in [3.05, 3.63) is 16.7 Å². The van der Waals surface area contributed by atoms with Crippen LogP contribution in [0.4, 0.5) is 10.3 Å². The van der Waals surface area contributed by atoms with Gasteiger partial charge in [0.1, 0.15) is 12.2 Å². The Kier molecular flexibility index (Phi) is 7.13. The van der Waals surface area contributed by atoms with Gasteiger partial charge in [-0.3, -0.25) is 14.3 Å². The van der Waals surface area contributed by atoms with Gasteiger partial charge >= 0.3 is 15.6 Å². The van der Waals surface area contributed by atoms with E-state index >= 15 is 0 Å². The van der Waals surface area contributed by atoms with Crippen molar-refractivity contribution in [2.75, 3.05) is 12.3 Å². The molecule has 6 atom stereocenters. The molecule has 2 aromatic rings. The fourth-order valence-electron chi connectivity index (χ4n) is 2.62. The first kappa shape index (κ1) is 24.5. The minimum atomic E-state index is -5.35. The van der Waals surface area contributed by atoms with E-state index in [9.17, 15) is 28.3 Å². The largest absolute Gasteiger partial charge is 0.486 e. The van der Waals surface area contributed by atoms with Crippen molar-refractivity contribution in [1.82, 2.24) is 19.5 Å². The third kappa shape index (κ3) is 5.82. The normalized spacial score (nSPS) is 27.4. The van der Waals surface area contributed by atoms with Crippen molar-refractivity contribution in [3.8, 4) is 0 Å². The predicted molar refractivity (Wildman–Crippen MR) is 103 cm³/mol. The number of H-pyrrole nitrogens is 1. The van der Waals surface area contributed by atoms with Crippen LogP contribution in [0.5, 0.6) is 0 Å². The Morgan fingerprint density at radius 1 is 1.42 bits per heavy atom. The molecule has 4 unspecified atom stereocenters. The van der Waals surface area contributed by atoms with Gasteiger partial charge in [0.05, 0.1) is 12.9 Å². The number of aliphatic hydroxyl groups excluding tert-OH is 1. The van der Waals surface area contributed by atoms with Crippen LogP contribution in [-0.2, 0) is 38.8 Å². The number of imidazole rings is 1. The Labute approximate surface area is 176 Å². The lowest BCUT2D eigenvalue weighted by Crippen LogP contribution is -2.29. The Morgan fingerprint density at radius 3 is 2.74 bits per heavy atom. The Bertz CT molecular complexity index is 1150. The zero-order valence-corrected chi connectivity index (χ0v) is 18.4. The molecule has 16 nitrogen and oxygen atoms in total. The molecule has 0 spiro atoms. The number of fused-ring (bicyclic) bond motifs is 1. The van der Waals surface area contributed by atoms with E-state index in [1.807, 2.05) is 0 Å². The van der Waals surface area contributed by atoms with Crippen molar-refractivity contribution in [3.63, 3.8) is 0 Å². The van der Waals surface area contributed by atoms with Crippen molar-refractivity contribution in [1.29, 1.82) is 0 Å². The van der Waals surface area contributed by atoms with Gasteiger partial charge in [0.15, 0.2) is 30.7 Å². The SMILES string of the molecule is Nc1nc2c(ncn2[C@@H]2O[C@H](CO[PH](=S)OP(=O)(O)OP(=O)(O)O)C(F)C2O)c(=O)[nH]1. The van der Waals surface area contributed by atoms with Gasteiger partial charge < -0.3 is 34.8 Å². The summed E-state index contributed by atoms with van der Waals surface area (Å²) in [5, 5.41) is 10.2. The van der Waals surface area contributed by atoms with E-state index in [-0.39, 0.29) is 17.1 Å². The summed E-state index contributed by atoms with van der Waals surface area (Å²) in [6.45, 7) is -0.661. The molecule has 3 rings (SSSR count). The van der Waals surface area contributed by atoms with Crippen LogP contribution < -0.4 is 11.3 Å². The number of ether oxygens (including phenoxy) is 1. The van der Waals surface area contributed by atoms with Crippen molar-refractivity contribution < 1.29 is 51.2 Å². The highest BCUT2D eigenvalue weighted by Gasteiger charge is 2.46. The number of nitrogens with one attached hydrogen (secondary N) is 1. The number of aromatic amines is 1. The maximum Gasteiger partial charge on any atom is 0.486 e. The number of phosphoric acid groups is 2. The minimum absolute atomic E-state index is 0.0776. The smallest absolute Gasteiger partial charge is 0.385 e. The lowest BCUT2D eigenvalue weighted by Gasteiger charge is -2.17. The van der Waals surface area contributed by atoms with E-state index in [1.54, 1.807) is 0 Å². The third-order valence-electron chi connectivity index (χ3n) is 3.78. The number of hydrogen-bond acceptors (Lipinski definition) is 12. The van der Waals surface area contributed by atoms with Crippen molar-refractivity contribution in [2.24, 2.45) is 0 Å². The van der Waals surface area contributed by atoms with Crippen LogP contribution in [0.2, 0.25) is 0 Å². The molecule has 2 aromatic heterocycles. The summed E-state index contributed by atoms with van der Waals surface area (Å²) in [4.78, 5) is 48.1. The molecule has 1 saturated heterocycles. The predicted octanol–water partition coefficient (Wildman–Crippen LogP) is -0.953. The third-order valence-corrected chi connectivity index (χ3v) is 8.40. The molecule has 1 aliphatic heterocycles. The van der Waals surface area contributed by atoms with Gasteiger partial charge in [-0.05, 0) is 11.8 Å². The Hall–Kier alpha value is -1.13. The van der Waals surface area contributed by atoms with Gasteiger partial charge in [0, 0.05) is 0 Å². The molecule has 0 saturated carbocycles. The Morgan fingerprint density at radius 2 is 2.10 bits per heavy atom. The monoisotopic (exact) mass is 525 g/mol. The minimum Gasteiger partial charge on any atom is -0.385 e. The summed E-state index contributed by atoms with van der Waals surface area (Å²) < 4.78 is 55.8. The number of anilines is 1. The van der Waals surface area contributed by atoms with E-state index < -0.39 is 59.6 Å². The zero-order chi connectivity index (χ0) is 23.1. The maximum atomic E-state index is 14.5. The quantitative estimate of drug-likeness (QED) is 0.228. The molecule has 3 heterocycles. The average molecular weight is 525 g/mol. The molecular weight excluding hydrogens is 510 g/mol. The number of halogens is 1. The highest BCUT2D eigenvalue weighted by Crippen LogP contribution is 2.62. The second-order valence-corrected chi connectivity index (χ2v) is 11.1. The first-order valence-corrected chi connectivity index (χ1v) is 13.4. The van der Waals surface area contributed by atoms with Crippen LogP contribution >= 0.6 is 22.8 Å². The fourth-order valence-corrected chi connectivity index (χ4v) is 6.45. The first-order chi connectivity index (χ1) is 14.3. The molecule has 1 fully saturated rings. The van der Waals surface area contributed by atoms with E-state index in [4.69, 9.17) is 24.8 Å². The van der Waals surface area contributed by atoms with Crippen molar-refractivity contribution >= 4 is 51.7 Å². The molecular formula is C10H15FN5O11P3S. The highest BCUT2D eigenvalue weighted by molar-refractivity contribution is 8.02. The second-order valence-electron chi connectivity index (χ2n) is 5.97. The summed E-state index contributed by atoms with van der Waals surface area (Å²) in [6, 6.07) is 0. The maximum absolute atomic E-state index is 14.5. The molecule has 21 heteroatoms. The zero-order valence-electron chi connectivity index (χ0n) is 14.8. The van der Waals surface area contributed by atoms with Gasteiger partial charge in [0.25, 0.3) is 5.56 Å². The molecule has 0 bridgehead atoms. The summed E-state index contributed by atoms with van der Waals surface area (Å²) in [7, 11) is -13.7. The van der Waals surface area contributed by atoms with E-state index in [2.05, 4.69) is 35.4 Å². The van der Waals surface area contributed by atoms with Crippen LogP contribution in [0.25, 0.3) is 11.2 Å². The summed E-state index contributed by atoms with van der Waals surface area (Å²) in [5.74, 6) is -0.245. The molecule has 0 aliphatic carbocycles. The number of hydrogen-bond donors (Lipinski definition) is 6. The van der Waals surface area contributed by atoms with Crippen LogP contribution in [0, 0.1) is 0 Å². The van der Waals surface area contributed by atoms with Gasteiger partial charge in [-0.2, -0.15) is 9.29 Å². The molecule has 1 aliphatic rings. The molecule has 174 valence electrons. The fraction of sp³-hybridized carbons (Fsp3) is 0.500. The number of nitrogens with zero attached hydrogens (tertiary/aromatic N) is 3. The summed E-state index contributed by atoms with van der Waals surface area (Å²) >= 11 is 4.65. The van der Waals surface area contributed by atoms with Crippen LogP contribution in [0.3, 0.4) is 0 Å². The molecule has 0 aromatic carbocycles. The van der Waals surface area contributed by atoms with Crippen LogP contribution in [-0.4, -0.2) is 64.3 Å². The number of nitrogens with two attached hydrogens (primary N) is 1. The number of nitrogen functional groups attached to an aromatic ring is 1.